The number of hydrogen-bond acceptors (Lipinski definition) is 4. The van der Waals surface area contributed by atoms with Gasteiger partial charge in [0.25, 0.3) is 5.91 Å². The molecular weight excluding hydrogens is 374 g/mol. The van der Waals surface area contributed by atoms with Crippen molar-refractivity contribution in [2.75, 3.05) is 18.1 Å². The zero-order chi connectivity index (χ0) is 18.9. The average molecular weight is 396 g/mol. The smallest absolute Gasteiger partial charge is 0.254 e. The molecule has 3 rings (SSSR count). The van der Waals surface area contributed by atoms with Crippen LogP contribution in [-0.2, 0) is 9.84 Å². The first-order valence-corrected chi connectivity index (χ1v) is 10.8. The van der Waals surface area contributed by atoms with Gasteiger partial charge in [-0.15, -0.1) is 0 Å². The van der Waals surface area contributed by atoms with Crippen molar-refractivity contribution in [1.82, 2.24) is 15.1 Å². The summed E-state index contributed by atoms with van der Waals surface area (Å²) in [5.74, 6) is 0.175. The third-order valence-electron chi connectivity index (χ3n) is 4.53. The summed E-state index contributed by atoms with van der Waals surface area (Å²) in [5, 5.41) is 7.84. The first-order valence-electron chi connectivity index (χ1n) is 8.59. The van der Waals surface area contributed by atoms with Gasteiger partial charge in [0.15, 0.2) is 9.84 Å². The number of nitrogens with one attached hydrogen (secondary N) is 1. The molecule has 1 amide bonds. The number of carbonyl (C=O) groups is 1. The molecule has 2 aromatic rings. The van der Waals surface area contributed by atoms with Crippen molar-refractivity contribution < 1.29 is 13.2 Å². The number of benzene rings is 1. The SMILES string of the molecule is CC(C)c1c(C(=O)NCC2CCS(=O)(=O)C2)cnn1-c1cccc(Cl)c1. The second-order valence-corrected chi connectivity index (χ2v) is 9.63. The summed E-state index contributed by atoms with van der Waals surface area (Å²) >= 11 is 6.07. The van der Waals surface area contributed by atoms with Crippen molar-refractivity contribution in [1.29, 1.82) is 0 Å². The Morgan fingerprint density at radius 2 is 2.19 bits per heavy atom. The van der Waals surface area contributed by atoms with Crippen molar-refractivity contribution in [3.63, 3.8) is 0 Å². The van der Waals surface area contributed by atoms with E-state index in [1.807, 2.05) is 26.0 Å². The number of halogens is 1. The third kappa shape index (κ3) is 4.10. The van der Waals surface area contributed by atoms with Crippen LogP contribution in [0.4, 0.5) is 0 Å². The minimum Gasteiger partial charge on any atom is -0.352 e. The van der Waals surface area contributed by atoms with E-state index in [4.69, 9.17) is 11.6 Å². The van der Waals surface area contributed by atoms with E-state index in [-0.39, 0.29) is 29.2 Å². The molecule has 1 aromatic carbocycles. The molecular formula is C18H22ClN3O3S. The zero-order valence-corrected chi connectivity index (χ0v) is 16.3. The van der Waals surface area contributed by atoms with E-state index in [0.29, 0.717) is 23.6 Å². The molecule has 0 bridgehead atoms. The summed E-state index contributed by atoms with van der Waals surface area (Å²) in [6, 6.07) is 7.30. The zero-order valence-electron chi connectivity index (χ0n) is 14.8. The van der Waals surface area contributed by atoms with Crippen LogP contribution in [0.15, 0.2) is 30.5 Å². The molecule has 0 spiro atoms. The number of carbonyl (C=O) groups excluding carboxylic acids is 1. The van der Waals surface area contributed by atoms with E-state index in [0.717, 1.165) is 11.4 Å². The van der Waals surface area contributed by atoms with Gasteiger partial charge in [0.1, 0.15) is 0 Å². The number of nitrogens with zero attached hydrogens (tertiary/aromatic N) is 2. The van der Waals surface area contributed by atoms with E-state index in [9.17, 15) is 13.2 Å². The highest BCUT2D eigenvalue weighted by atomic mass is 35.5. The highest BCUT2D eigenvalue weighted by Crippen LogP contribution is 2.25. The van der Waals surface area contributed by atoms with Crippen LogP contribution >= 0.6 is 11.6 Å². The summed E-state index contributed by atoms with van der Waals surface area (Å²) in [7, 11) is -2.95. The molecule has 140 valence electrons. The first kappa shape index (κ1) is 18.9. The van der Waals surface area contributed by atoms with E-state index in [2.05, 4.69) is 10.4 Å². The van der Waals surface area contributed by atoms with Crippen LogP contribution in [0, 0.1) is 5.92 Å². The number of rotatable bonds is 5. The van der Waals surface area contributed by atoms with Gasteiger partial charge in [-0.25, -0.2) is 13.1 Å². The quantitative estimate of drug-likeness (QED) is 0.844. The van der Waals surface area contributed by atoms with Gasteiger partial charge in [-0.1, -0.05) is 31.5 Å². The Balaban J connectivity index is 1.80. The maximum absolute atomic E-state index is 12.7. The number of sulfone groups is 1. The second kappa shape index (κ2) is 7.40. The Morgan fingerprint density at radius 3 is 2.81 bits per heavy atom. The normalized spacial score (nSPS) is 19.0. The number of aromatic nitrogens is 2. The molecule has 1 atom stereocenters. The van der Waals surface area contributed by atoms with Crippen molar-refractivity contribution in [2.24, 2.45) is 5.92 Å². The van der Waals surface area contributed by atoms with Crippen LogP contribution in [0.2, 0.25) is 5.02 Å². The molecule has 1 aliphatic heterocycles. The maximum atomic E-state index is 12.7. The highest BCUT2D eigenvalue weighted by molar-refractivity contribution is 7.91. The van der Waals surface area contributed by atoms with Crippen molar-refractivity contribution in [3.05, 3.63) is 46.7 Å². The van der Waals surface area contributed by atoms with E-state index in [1.165, 1.54) is 0 Å². The summed E-state index contributed by atoms with van der Waals surface area (Å²) < 4.78 is 24.8. The van der Waals surface area contributed by atoms with Gasteiger partial charge in [-0.05, 0) is 36.5 Å². The average Bonchev–Trinajstić information content (AvgIpc) is 3.16. The van der Waals surface area contributed by atoms with Gasteiger partial charge in [0.2, 0.25) is 0 Å². The summed E-state index contributed by atoms with van der Waals surface area (Å²) in [4.78, 5) is 12.7. The Morgan fingerprint density at radius 1 is 1.42 bits per heavy atom. The fourth-order valence-electron chi connectivity index (χ4n) is 3.27. The minimum atomic E-state index is -2.95. The van der Waals surface area contributed by atoms with Crippen molar-refractivity contribution >= 4 is 27.3 Å². The van der Waals surface area contributed by atoms with Gasteiger partial charge >= 0.3 is 0 Å². The molecule has 6 nitrogen and oxygen atoms in total. The molecule has 1 unspecified atom stereocenters. The van der Waals surface area contributed by atoms with Crippen molar-refractivity contribution in [3.8, 4) is 5.69 Å². The molecule has 0 radical (unpaired) electrons. The molecule has 1 saturated heterocycles. The largest absolute Gasteiger partial charge is 0.352 e. The Labute approximate surface area is 158 Å². The molecule has 1 fully saturated rings. The lowest BCUT2D eigenvalue weighted by molar-refractivity contribution is 0.0947. The monoisotopic (exact) mass is 395 g/mol. The van der Waals surface area contributed by atoms with Crippen molar-refractivity contribution in [2.45, 2.75) is 26.2 Å². The maximum Gasteiger partial charge on any atom is 0.254 e. The van der Waals surface area contributed by atoms with Crippen LogP contribution in [0.25, 0.3) is 5.69 Å². The fourth-order valence-corrected chi connectivity index (χ4v) is 5.31. The third-order valence-corrected chi connectivity index (χ3v) is 6.60. The molecule has 26 heavy (non-hydrogen) atoms. The van der Waals surface area contributed by atoms with Gasteiger partial charge < -0.3 is 5.32 Å². The lowest BCUT2D eigenvalue weighted by Gasteiger charge is -2.14. The minimum absolute atomic E-state index is 0.0191. The molecule has 1 aromatic heterocycles. The van der Waals surface area contributed by atoms with Crippen LogP contribution in [0.3, 0.4) is 0 Å². The standard InChI is InChI=1S/C18H22ClN3O3S/c1-12(2)17-16(10-21-22(17)15-5-3-4-14(19)8-15)18(23)20-9-13-6-7-26(24,25)11-13/h3-5,8,10,12-13H,6-7,9,11H2,1-2H3,(H,20,23). The molecule has 1 aliphatic rings. The fraction of sp³-hybridized carbons (Fsp3) is 0.444. The number of amides is 1. The second-order valence-electron chi connectivity index (χ2n) is 6.97. The van der Waals surface area contributed by atoms with Crippen LogP contribution in [0.5, 0.6) is 0 Å². The van der Waals surface area contributed by atoms with E-state index < -0.39 is 9.84 Å². The van der Waals surface area contributed by atoms with Gasteiger partial charge in [0, 0.05) is 11.6 Å². The Bertz CT molecular complexity index is 922. The molecule has 0 aliphatic carbocycles. The van der Waals surface area contributed by atoms with Gasteiger partial charge in [-0.2, -0.15) is 5.10 Å². The first-order chi connectivity index (χ1) is 12.3. The molecule has 1 N–H and O–H groups in total. The molecule has 8 heteroatoms. The summed E-state index contributed by atoms with van der Waals surface area (Å²) in [6.45, 7) is 4.36. The summed E-state index contributed by atoms with van der Waals surface area (Å²) in [6.07, 6.45) is 2.15. The van der Waals surface area contributed by atoms with Gasteiger partial charge in [-0.3, -0.25) is 4.79 Å². The van der Waals surface area contributed by atoms with Crippen LogP contribution in [-0.4, -0.2) is 42.2 Å². The Hall–Kier alpha value is -1.86. The van der Waals surface area contributed by atoms with E-state index in [1.54, 1.807) is 23.0 Å². The molecule has 2 heterocycles. The topological polar surface area (TPSA) is 81.1 Å². The lowest BCUT2D eigenvalue weighted by atomic mass is 10.0. The predicted molar refractivity (Wildman–Crippen MR) is 102 cm³/mol. The van der Waals surface area contributed by atoms with Crippen LogP contribution in [0.1, 0.15) is 42.2 Å². The Kier molecular flexibility index (Phi) is 5.39. The lowest BCUT2D eigenvalue weighted by Crippen LogP contribution is -2.30. The molecule has 0 saturated carbocycles. The highest BCUT2D eigenvalue weighted by Gasteiger charge is 2.28. The van der Waals surface area contributed by atoms with E-state index >= 15 is 0 Å². The predicted octanol–water partition coefficient (Wildman–Crippen LogP) is 2.81. The van der Waals surface area contributed by atoms with Crippen LogP contribution < -0.4 is 5.32 Å². The summed E-state index contributed by atoms with van der Waals surface area (Å²) in [5.41, 5.74) is 2.09. The number of hydrogen-bond donors (Lipinski definition) is 1. The van der Waals surface area contributed by atoms with Gasteiger partial charge in [0.05, 0.1) is 34.6 Å².